The van der Waals surface area contributed by atoms with Crippen molar-refractivity contribution in [1.29, 1.82) is 0 Å². The van der Waals surface area contributed by atoms with Gasteiger partial charge in [-0.25, -0.2) is 4.79 Å². The Bertz CT molecular complexity index is 1060. The molecule has 3 amide bonds. The van der Waals surface area contributed by atoms with Crippen molar-refractivity contribution in [3.05, 3.63) is 35.4 Å². The molecule has 5 rings (SSSR count). The van der Waals surface area contributed by atoms with Gasteiger partial charge in [-0.05, 0) is 18.4 Å². The molecule has 4 aliphatic rings. The minimum atomic E-state index is -1.40. The van der Waals surface area contributed by atoms with Gasteiger partial charge in [-0.1, -0.05) is 30.7 Å². The van der Waals surface area contributed by atoms with Gasteiger partial charge in [-0.15, -0.1) is 11.6 Å². The highest BCUT2D eigenvalue weighted by Crippen LogP contribution is 2.34. The molecule has 0 radical (unpaired) electrons. The van der Waals surface area contributed by atoms with Crippen molar-refractivity contribution in [2.24, 2.45) is 0 Å². The maximum Gasteiger partial charge on any atom is 0.315 e. The third kappa shape index (κ3) is 6.84. The van der Waals surface area contributed by atoms with Crippen LogP contribution in [0, 0.1) is 0 Å². The van der Waals surface area contributed by atoms with Crippen LogP contribution in [0.4, 0.5) is 4.79 Å². The number of urea groups is 1. The summed E-state index contributed by atoms with van der Waals surface area (Å²) in [5.74, 6) is -0.172. The Morgan fingerprint density at radius 1 is 1.12 bits per heavy atom. The largest absolute Gasteiger partial charge is 0.461 e. The summed E-state index contributed by atoms with van der Waals surface area (Å²) < 4.78 is 22.7. The maximum absolute atomic E-state index is 12.2. The summed E-state index contributed by atoms with van der Waals surface area (Å²) >= 11 is 7.35. The second-order valence-corrected chi connectivity index (χ2v) is 11.9. The van der Waals surface area contributed by atoms with Crippen molar-refractivity contribution in [1.82, 2.24) is 16.0 Å². The number of rotatable bonds is 10. The van der Waals surface area contributed by atoms with Crippen LogP contribution >= 0.6 is 23.4 Å². The number of hydrogen-bond acceptors (Lipinski definition) is 10. The monoisotopic (exact) mass is 607 g/mol. The number of nitrogens with one attached hydrogen (secondary N) is 3. The average molecular weight is 608 g/mol. The molecule has 2 unspecified atom stereocenters. The fourth-order valence-electron chi connectivity index (χ4n) is 5.36. The Hall–Kier alpha value is -2.13. The zero-order valence-corrected chi connectivity index (χ0v) is 23.3. The van der Waals surface area contributed by atoms with Crippen molar-refractivity contribution in [2.75, 3.05) is 18.2 Å². The number of amides is 3. The van der Waals surface area contributed by atoms with Crippen LogP contribution in [0.3, 0.4) is 0 Å². The van der Waals surface area contributed by atoms with Crippen LogP contribution in [0.25, 0.3) is 0 Å². The number of fused-ring (bicyclic) bond motifs is 2. The fraction of sp³-hybridized carbons (Fsp3) is 0.654. The second-order valence-electron chi connectivity index (χ2n) is 10.3. The lowest BCUT2D eigenvalue weighted by molar-refractivity contribution is -0.330. The number of carbonyl (C=O) groups is 3. The summed E-state index contributed by atoms with van der Waals surface area (Å²) in [7, 11) is 0. The minimum Gasteiger partial charge on any atom is -0.461 e. The van der Waals surface area contributed by atoms with Gasteiger partial charge in [0.1, 0.15) is 36.9 Å². The SMILES string of the molecule is O=C1N[C@H]2[C@H](CS[C@H]2CCCCC(=O)OCc2ccc(C3O[13CH2][13C@H]4O[13C@@H](N[13C](=O)[13CH2]Cl)[13C@H](O)[13C@@H](O)[13CH]4O3)cc2)N1. The van der Waals surface area contributed by atoms with E-state index in [0.29, 0.717) is 17.2 Å². The number of hydrogen-bond donors (Lipinski definition) is 5. The Morgan fingerprint density at radius 3 is 2.70 bits per heavy atom. The summed E-state index contributed by atoms with van der Waals surface area (Å²) in [4.78, 5) is 35.3. The van der Waals surface area contributed by atoms with Crippen LogP contribution in [0.15, 0.2) is 24.3 Å². The molecule has 4 saturated heterocycles. The van der Waals surface area contributed by atoms with Crippen LogP contribution in [-0.4, -0.2) is 94.3 Å². The number of esters is 1. The maximum atomic E-state index is 12.2. The number of ether oxygens (including phenoxy) is 4. The molecular weight excluding hydrogens is 574 g/mol. The van der Waals surface area contributed by atoms with Gasteiger partial charge in [0.15, 0.2) is 12.5 Å². The molecule has 1 aromatic rings. The summed E-state index contributed by atoms with van der Waals surface area (Å²) in [5, 5.41) is 29.7. The Kier molecular flexibility index (Phi) is 9.72. The van der Waals surface area contributed by atoms with E-state index in [1.54, 1.807) is 24.3 Å². The molecule has 220 valence electrons. The second kappa shape index (κ2) is 13.2. The first-order valence-electron chi connectivity index (χ1n) is 13.4. The molecule has 4 fully saturated rings. The molecule has 0 saturated carbocycles. The molecule has 0 bridgehead atoms. The highest BCUT2D eigenvalue weighted by atomic mass is 35.5. The average Bonchev–Trinajstić information content (AvgIpc) is 3.52. The van der Waals surface area contributed by atoms with Crippen LogP contribution in [0.5, 0.6) is 0 Å². The number of thioether (sulfide) groups is 1. The van der Waals surface area contributed by atoms with Crippen molar-refractivity contribution < 1.29 is 43.5 Å². The predicted octanol–water partition coefficient (Wildman–Crippen LogP) is 0.671. The first kappa shape index (κ1) is 29.4. The van der Waals surface area contributed by atoms with Gasteiger partial charge < -0.3 is 45.1 Å². The number of aliphatic hydroxyl groups is 2. The van der Waals surface area contributed by atoms with Gasteiger partial charge in [0.05, 0.1) is 18.7 Å². The number of carbonyl (C=O) groups excluding carboxylic acids is 3. The van der Waals surface area contributed by atoms with Crippen LogP contribution in [0.1, 0.15) is 43.1 Å². The van der Waals surface area contributed by atoms with E-state index in [2.05, 4.69) is 16.0 Å². The summed E-state index contributed by atoms with van der Waals surface area (Å²) in [6.45, 7) is 0.224. The third-order valence-corrected chi connectivity index (χ3v) is 9.26. The minimum absolute atomic E-state index is 0.0813. The van der Waals surface area contributed by atoms with E-state index in [4.69, 9.17) is 30.5 Å². The zero-order chi connectivity index (χ0) is 28.2. The molecule has 0 aromatic heterocycles. The number of aliphatic hydroxyl groups excluding tert-OH is 2. The topological polar surface area (TPSA) is 165 Å². The number of halogens is 1. The Labute approximate surface area is 240 Å². The van der Waals surface area contributed by atoms with E-state index in [-0.39, 0.29) is 43.2 Å². The molecule has 40 heavy (non-hydrogen) atoms. The molecule has 0 spiro atoms. The fourth-order valence-corrected chi connectivity index (χ4v) is 6.98. The van der Waals surface area contributed by atoms with E-state index in [1.165, 1.54) is 0 Å². The molecule has 4 heterocycles. The molecule has 5 N–H and O–H groups in total. The van der Waals surface area contributed by atoms with Gasteiger partial charge >= 0.3 is 12.0 Å². The van der Waals surface area contributed by atoms with Crippen LogP contribution in [0.2, 0.25) is 0 Å². The molecular formula is C26H34ClN3O9S. The van der Waals surface area contributed by atoms with Gasteiger partial charge in [0, 0.05) is 23.0 Å². The third-order valence-electron chi connectivity index (χ3n) is 7.51. The summed E-state index contributed by atoms with van der Waals surface area (Å²) in [6.07, 6.45) is -3.26. The summed E-state index contributed by atoms with van der Waals surface area (Å²) in [6, 6.07) is 7.47. The Balaban J connectivity index is 1.02. The lowest BCUT2D eigenvalue weighted by atomic mass is 10.0. The first-order valence-corrected chi connectivity index (χ1v) is 15.0. The molecule has 0 aliphatic carbocycles. The first-order chi connectivity index (χ1) is 19.3. The molecule has 12 nitrogen and oxygen atoms in total. The van der Waals surface area contributed by atoms with E-state index < -0.39 is 42.8 Å². The van der Waals surface area contributed by atoms with E-state index in [0.717, 1.165) is 30.6 Å². The molecule has 14 heteroatoms. The Morgan fingerprint density at radius 2 is 1.93 bits per heavy atom. The highest BCUT2D eigenvalue weighted by molar-refractivity contribution is 8.00. The molecule has 1 aromatic carbocycles. The van der Waals surface area contributed by atoms with Gasteiger partial charge in [-0.2, -0.15) is 11.8 Å². The number of alkyl halides is 1. The smallest absolute Gasteiger partial charge is 0.315 e. The van der Waals surface area contributed by atoms with Gasteiger partial charge in [0.25, 0.3) is 0 Å². The zero-order valence-electron chi connectivity index (χ0n) is 21.7. The normalized spacial score (nSPS) is 34.8. The number of benzene rings is 1. The van der Waals surface area contributed by atoms with Crippen LogP contribution in [-0.2, 0) is 35.1 Å². The molecule has 4 aliphatic heterocycles. The van der Waals surface area contributed by atoms with Gasteiger partial charge in [0.2, 0.25) is 5.91 Å². The molecule has 9 atom stereocenters. The van der Waals surface area contributed by atoms with Gasteiger partial charge in [-0.3, -0.25) is 9.59 Å². The number of unbranched alkanes of at least 4 members (excludes halogenated alkanes) is 1. The lowest BCUT2D eigenvalue weighted by Gasteiger charge is -2.46. The van der Waals surface area contributed by atoms with Crippen molar-refractivity contribution in [3.63, 3.8) is 0 Å². The predicted molar refractivity (Wildman–Crippen MR) is 143 cm³/mol. The standard InChI is InChI=1S/C26H34ClN3O9S/c27-9-18(31)29-24-22(34)21(33)23-16(38-24)11-37-25(39-23)14-7-5-13(6-8-14)10-36-19(32)4-2-1-3-17-20-15(12-40-17)28-26(35)30-20/h5-8,15-17,20-25,33-34H,1-4,9-12H2,(H,29,31)(H2,28,30,35)/t15-,16+,17-,20-,21+,22+,23?,24+,25?/m0/s1/i9+1,11+1,16+1,18+1,21+1,22+1,23+1,24+1. The van der Waals surface area contributed by atoms with E-state index in [1.807, 2.05) is 11.8 Å². The van der Waals surface area contributed by atoms with E-state index in [9.17, 15) is 24.6 Å². The van der Waals surface area contributed by atoms with E-state index >= 15 is 0 Å². The van der Waals surface area contributed by atoms with Crippen molar-refractivity contribution in [2.45, 2.75) is 86.6 Å². The quantitative estimate of drug-likeness (QED) is 0.0839. The van der Waals surface area contributed by atoms with Crippen molar-refractivity contribution >= 4 is 41.3 Å². The van der Waals surface area contributed by atoms with Crippen LogP contribution < -0.4 is 16.0 Å². The highest BCUT2D eigenvalue weighted by Gasteiger charge is 2.49. The lowest BCUT2D eigenvalue weighted by Crippen LogP contribution is -2.65. The van der Waals surface area contributed by atoms with Crippen molar-refractivity contribution in [3.8, 4) is 0 Å². The summed E-state index contributed by atoms with van der Waals surface area (Å²) in [5.41, 5.74) is 1.49.